The summed E-state index contributed by atoms with van der Waals surface area (Å²) in [5.41, 5.74) is 11.6. The first-order valence-electron chi connectivity index (χ1n) is 13.0. The molecule has 0 N–H and O–H groups in total. The molecule has 0 atom stereocenters. The van der Waals surface area contributed by atoms with E-state index in [0.29, 0.717) is 6.42 Å². The molecule has 8 heteroatoms. The van der Waals surface area contributed by atoms with Gasteiger partial charge in [0.2, 0.25) is 0 Å². The fourth-order valence-corrected chi connectivity index (χ4v) is 5.48. The van der Waals surface area contributed by atoms with Crippen LogP contribution in [0.3, 0.4) is 0 Å². The number of fused-ring (bicyclic) bond motifs is 2. The average molecular weight is 640 g/mol. The van der Waals surface area contributed by atoms with Crippen molar-refractivity contribution in [3.05, 3.63) is 92.3 Å². The molecule has 7 nitrogen and oxygen atoms in total. The van der Waals surface area contributed by atoms with Crippen molar-refractivity contribution in [1.82, 2.24) is 29.1 Å². The van der Waals surface area contributed by atoms with E-state index in [0.717, 1.165) is 65.4 Å². The maximum absolute atomic E-state index is 8.77. The van der Waals surface area contributed by atoms with Gasteiger partial charge in [0.25, 0.3) is 0 Å². The number of benzene rings is 2. The van der Waals surface area contributed by atoms with E-state index < -0.39 is 0 Å². The van der Waals surface area contributed by atoms with Crippen LogP contribution in [0.25, 0.3) is 45.1 Å². The number of aryl methyl sites for hydroxylation is 6. The molecule has 0 fully saturated rings. The van der Waals surface area contributed by atoms with Gasteiger partial charge in [0.05, 0.1) is 34.6 Å². The molecule has 0 spiro atoms. The average Bonchev–Trinajstić information content (AvgIpc) is 3.40. The van der Waals surface area contributed by atoms with Crippen LogP contribution in [-0.2, 0) is 20.5 Å². The van der Waals surface area contributed by atoms with E-state index in [-0.39, 0.29) is 0 Å². The van der Waals surface area contributed by atoms with Crippen molar-refractivity contribution in [1.29, 1.82) is 5.26 Å². The normalized spacial score (nSPS) is 10.9. The number of nitrogens with zero attached hydrogens (tertiary/aromatic N) is 7. The summed E-state index contributed by atoms with van der Waals surface area (Å²) in [5.74, 6) is 1.78. The van der Waals surface area contributed by atoms with Gasteiger partial charge in [0.1, 0.15) is 11.4 Å². The van der Waals surface area contributed by atoms with Gasteiger partial charge < -0.3 is 9.13 Å². The van der Waals surface area contributed by atoms with Gasteiger partial charge >= 0.3 is 0 Å². The van der Waals surface area contributed by atoms with E-state index >= 15 is 0 Å². The van der Waals surface area contributed by atoms with Crippen molar-refractivity contribution in [3.63, 3.8) is 0 Å². The standard InChI is InChI=1S/C17H16N4.C15H14IN3/c1-11-4-5-15-14(8-11)20-17(21(15)3)16-12(2)9-13(6-7-18)10-19-16;1-9-4-5-13-12(6-9)18-15(19(13)3)14-10(2)7-11(16)8-17-14/h4-5,8-10H,6H2,1-3H3;4-8H,1-3H3. The number of aromatic nitrogens is 6. The third-order valence-electron chi connectivity index (χ3n) is 6.96. The van der Waals surface area contributed by atoms with Crippen molar-refractivity contribution in [2.24, 2.45) is 14.1 Å². The lowest BCUT2D eigenvalue weighted by molar-refractivity contribution is 0.945. The zero-order valence-corrected chi connectivity index (χ0v) is 25.6. The molecule has 4 aromatic heterocycles. The van der Waals surface area contributed by atoms with E-state index in [2.05, 4.69) is 111 Å². The van der Waals surface area contributed by atoms with Crippen molar-refractivity contribution in [2.75, 3.05) is 0 Å². The predicted octanol–water partition coefficient (Wildman–Crippen LogP) is 7.17. The molecular formula is C32H30IN7. The topological polar surface area (TPSA) is 85.2 Å². The summed E-state index contributed by atoms with van der Waals surface area (Å²) in [4.78, 5) is 18.5. The Hall–Kier alpha value is -4.10. The number of rotatable bonds is 3. The zero-order chi connectivity index (χ0) is 28.6. The minimum Gasteiger partial charge on any atom is -0.326 e. The zero-order valence-electron chi connectivity index (χ0n) is 23.5. The minimum absolute atomic E-state index is 0.385. The largest absolute Gasteiger partial charge is 0.326 e. The first kappa shape index (κ1) is 27.5. The number of hydrogen-bond acceptors (Lipinski definition) is 5. The van der Waals surface area contributed by atoms with Crippen molar-refractivity contribution >= 4 is 44.7 Å². The number of hydrogen-bond donors (Lipinski definition) is 0. The molecular weight excluding hydrogens is 609 g/mol. The second-order valence-corrected chi connectivity index (χ2v) is 11.4. The van der Waals surface area contributed by atoms with E-state index in [4.69, 9.17) is 15.2 Å². The van der Waals surface area contributed by atoms with Crippen molar-refractivity contribution in [3.8, 4) is 29.1 Å². The van der Waals surface area contributed by atoms with Gasteiger partial charge in [-0.25, -0.2) is 9.97 Å². The third-order valence-corrected chi connectivity index (χ3v) is 7.55. The number of pyridine rings is 2. The Bertz CT molecular complexity index is 1920. The van der Waals surface area contributed by atoms with Crippen molar-refractivity contribution in [2.45, 2.75) is 34.1 Å². The molecule has 0 radical (unpaired) electrons. The van der Waals surface area contributed by atoms with Crippen LogP contribution < -0.4 is 0 Å². The fourth-order valence-electron chi connectivity index (χ4n) is 4.87. The molecule has 40 heavy (non-hydrogen) atoms. The highest BCUT2D eigenvalue weighted by molar-refractivity contribution is 14.1. The van der Waals surface area contributed by atoms with Crippen LogP contribution in [0.2, 0.25) is 0 Å². The SMILES string of the molecule is Cc1ccc2c(c1)nc(-c1ncc(CC#N)cc1C)n2C.Cc1ccc2c(c1)nc(-c1ncc(I)cc1C)n2C. The second-order valence-electron chi connectivity index (χ2n) is 10.1. The molecule has 200 valence electrons. The van der Waals surface area contributed by atoms with Gasteiger partial charge in [-0.05, 0) is 108 Å². The van der Waals surface area contributed by atoms with Crippen LogP contribution in [-0.4, -0.2) is 29.1 Å². The summed E-state index contributed by atoms with van der Waals surface area (Å²) in [6.07, 6.45) is 4.03. The Morgan fingerprint density at radius 2 is 1.23 bits per heavy atom. The van der Waals surface area contributed by atoms with E-state index in [1.807, 2.05) is 33.3 Å². The maximum Gasteiger partial charge on any atom is 0.159 e. The highest BCUT2D eigenvalue weighted by atomic mass is 127. The summed E-state index contributed by atoms with van der Waals surface area (Å²) in [6.45, 7) is 8.24. The van der Waals surface area contributed by atoms with Gasteiger partial charge in [-0.1, -0.05) is 18.2 Å². The number of nitriles is 1. The summed E-state index contributed by atoms with van der Waals surface area (Å²) >= 11 is 2.28. The first-order valence-corrected chi connectivity index (χ1v) is 14.1. The molecule has 0 aliphatic rings. The lowest BCUT2D eigenvalue weighted by Gasteiger charge is -2.06. The van der Waals surface area contributed by atoms with Gasteiger partial charge in [-0.2, -0.15) is 5.26 Å². The van der Waals surface area contributed by atoms with Gasteiger partial charge in [0.15, 0.2) is 11.6 Å². The first-order chi connectivity index (χ1) is 19.2. The summed E-state index contributed by atoms with van der Waals surface area (Å²) < 4.78 is 5.32. The number of imidazole rings is 2. The molecule has 0 aliphatic carbocycles. The lowest BCUT2D eigenvalue weighted by Crippen LogP contribution is -1.98. The Morgan fingerprint density at radius 3 is 1.70 bits per heavy atom. The quantitative estimate of drug-likeness (QED) is 0.192. The molecule has 2 aromatic carbocycles. The molecule has 0 amide bonds. The second kappa shape index (κ2) is 11.2. The lowest BCUT2D eigenvalue weighted by atomic mass is 10.1. The summed E-state index contributed by atoms with van der Waals surface area (Å²) in [7, 11) is 4.05. The highest BCUT2D eigenvalue weighted by Gasteiger charge is 2.15. The molecule has 6 rings (SSSR count). The highest BCUT2D eigenvalue weighted by Crippen LogP contribution is 2.27. The van der Waals surface area contributed by atoms with Gasteiger partial charge in [-0.15, -0.1) is 0 Å². The molecule has 0 unspecified atom stereocenters. The summed E-state index contributed by atoms with van der Waals surface area (Å²) in [5, 5.41) is 8.77. The minimum atomic E-state index is 0.385. The number of halogens is 1. The van der Waals surface area contributed by atoms with Gasteiger partial charge in [0, 0.05) is 30.1 Å². The van der Waals surface area contributed by atoms with Crippen LogP contribution in [0.5, 0.6) is 0 Å². The third kappa shape index (κ3) is 5.34. The molecule has 0 saturated heterocycles. The fraction of sp³-hybridized carbons (Fsp3) is 0.219. The van der Waals surface area contributed by atoms with Gasteiger partial charge in [-0.3, -0.25) is 9.97 Å². The van der Waals surface area contributed by atoms with Crippen molar-refractivity contribution < 1.29 is 0 Å². The van der Waals surface area contributed by atoms with Crippen LogP contribution in [0.4, 0.5) is 0 Å². The van der Waals surface area contributed by atoms with Crippen LogP contribution in [0, 0.1) is 42.6 Å². The van der Waals surface area contributed by atoms with E-state index in [1.54, 1.807) is 6.20 Å². The molecule has 0 aliphatic heterocycles. The Labute approximate surface area is 247 Å². The van der Waals surface area contributed by atoms with E-state index in [1.165, 1.54) is 11.1 Å². The maximum atomic E-state index is 8.77. The monoisotopic (exact) mass is 639 g/mol. The smallest absolute Gasteiger partial charge is 0.159 e. The Kier molecular flexibility index (Phi) is 7.68. The van der Waals surface area contributed by atoms with Crippen LogP contribution in [0.15, 0.2) is 60.9 Å². The Balaban J connectivity index is 0.000000162. The van der Waals surface area contributed by atoms with Crippen LogP contribution >= 0.6 is 22.6 Å². The molecule has 6 aromatic rings. The Morgan fingerprint density at radius 1 is 0.725 bits per heavy atom. The summed E-state index contributed by atoms with van der Waals surface area (Å²) in [6, 6.07) is 18.9. The van der Waals surface area contributed by atoms with E-state index in [9.17, 15) is 0 Å². The molecule has 4 heterocycles. The predicted molar refractivity (Wildman–Crippen MR) is 169 cm³/mol. The van der Waals surface area contributed by atoms with Crippen LogP contribution in [0.1, 0.15) is 27.8 Å². The molecule has 0 saturated carbocycles. The molecule has 0 bridgehead atoms.